The molecule has 0 aromatic heterocycles. The maximum Gasteiger partial charge on any atom is 0.417 e. The van der Waals surface area contributed by atoms with Crippen molar-refractivity contribution in [1.82, 2.24) is 10.2 Å². The fraction of sp³-hybridized carbons (Fsp3) is 0.410. The molecule has 0 saturated carbocycles. The van der Waals surface area contributed by atoms with Gasteiger partial charge < -0.3 is 20.3 Å². The van der Waals surface area contributed by atoms with Gasteiger partial charge in [0.15, 0.2) is 5.50 Å². The molecule has 6 rings (SSSR count). The maximum atomic E-state index is 13.8. The number of hydrogen-bond donors (Lipinski definition) is 4. The number of rotatable bonds is 10. The Morgan fingerprint density at radius 1 is 1.02 bits per heavy atom. The molecule has 3 heterocycles. The molecule has 3 aromatic carbocycles. The number of alkyl halides is 3. The van der Waals surface area contributed by atoms with E-state index in [1.165, 1.54) is 11.0 Å². The van der Waals surface area contributed by atoms with E-state index in [-0.39, 0.29) is 42.5 Å². The van der Waals surface area contributed by atoms with Crippen molar-refractivity contribution in [3.63, 3.8) is 0 Å². The molecule has 3 N–H and O–H groups in total. The third-order valence-electron chi connectivity index (χ3n) is 10.1. The van der Waals surface area contributed by atoms with Gasteiger partial charge in [-0.3, -0.25) is 34.3 Å². The highest BCUT2D eigenvalue weighted by atomic mass is 32.1. The van der Waals surface area contributed by atoms with Crippen LogP contribution in [0.1, 0.15) is 63.1 Å². The highest BCUT2D eigenvalue weighted by Gasteiger charge is 2.52. The van der Waals surface area contributed by atoms with Crippen LogP contribution in [0.25, 0.3) is 0 Å². The Morgan fingerprint density at radius 2 is 1.73 bits per heavy atom. The summed E-state index contributed by atoms with van der Waals surface area (Å²) in [5, 5.41) is 17.6. The number of carbonyl (C=O) groups excluding carboxylic acids is 4. The Hall–Kier alpha value is -5.27. The van der Waals surface area contributed by atoms with E-state index >= 15 is 0 Å². The Morgan fingerprint density at radius 3 is 2.40 bits per heavy atom. The molecule has 16 heteroatoms. The van der Waals surface area contributed by atoms with Crippen LogP contribution < -0.4 is 30.5 Å². The lowest BCUT2D eigenvalue weighted by Crippen LogP contribution is -2.47. The van der Waals surface area contributed by atoms with Gasteiger partial charge in [-0.05, 0) is 99.7 Å². The summed E-state index contributed by atoms with van der Waals surface area (Å²) < 4.78 is 47.8. The molecule has 0 aliphatic carbocycles. The molecule has 3 saturated heterocycles. The number of imide groups is 1. The number of likely N-dealkylation sites (tertiary alicyclic amines) is 1. The fourth-order valence-electron chi connectivity index (χ4n) is 7.22. The van der Waals surface area contributed by atoms with Crippen LogP contribution in [-0.2, 0) is 31.8 Å². The number of nitriles is 1. The van der Waals surface area contributed by atoms with E-state index in [1.54, 1.807) is 49.1 Å². The molecule has 3 aliphatic heterocycles. The Labute approximate surface area is 322 Å². The number of halogens is 3. The van der Waals surface area contributed by atoms with Crippen molar-refractivity contribution >= 4 is 59.0 Å². The van der Waals surface area contributed by atoms with Crippen LogP contribution in [-0.4, -0.2) is 71.3 Å². The summed E-state index contributed by atoms with van der Waals surface area (Å²) in [6, 6.07) is 16.9. The predicted octanol–water partition coefficient (Wildman–Crippen LogP) is 5.68. The van der Waals surface area contributed by atoms with E-state index in [9.17, 15) is 37.6 Å². The minimum absolute atomic E-state index is 0.0140. The second kappa shape index (κ2) is 15.8. The van der Waals surface area contributed by atoms with E-state index in [4.69, 9.17) is 17.4 Å². The van der Waals surface area contributed by atoms with Gasteiger partial charge in [0.1, 0.15) is 23.4 Å². The first-order valence-electron chi connectivity index (χ1n) is 18.0. The Kier molecular flexibility index (Phi) is 11.4. The van der Waals surface area contributed by atoms with Gasteiger partial charge in [0.05, 0.1) is 23.7 Å². The lowest BCUT2D eigenvalue weighted by molar-refractivity contribution is -0.138. The van der Waals surface area contributed by atoms with Crippen LogP contribution in [0.4, 0.5) is 35.9 Å². The molecule has 3 aromatic rings. The van der Waals surface area contributed by atoms with E-state index in [1.807, 2.05) is 25.1 Å². The van der Waals surface area contributed by atoms with E-state index in [0.29, 0.717) is 61.6 Å². The first kappa shape index (κ1) is 39.4. The number of amides is 4. The number of carbonyl (C=O) groups is 4. The predicted molar refractivity (Wildman–Crippen MR) is 204 cm³/mol. The second-order valence-corrected chi connectivity index (χ2v) is 14.8. The van der Waals surface area contributed by atoms with Gasteiger partial charge in [-0.2, -0.15) is 18.4 Å². The van der Waals surface area contributed by atoms with Gasteiger partial charge in [0, 0.05) is 42.3 Å². The first-order chi connectivity index (χ1) is 26.1. The summed E-state index contributed by atoms with van der Waals surface area (Å²) in [6.07, 6.45) is -2.23. The summed E-state index contributed by atoms with van der Waals surface area (Å²) in [4.78, 5) is 55.2. The average Bonchev–Trinajstić information content (AvgIpc) is 3.31. The number of nitrogens with zero attached hydrogens (tertiary/aromatic N) is 4. The van der Waals surface area contributed by atoms with Gasteiger partial charge in [-0.25, -0.2) is 0 Å². The van der Waals surface area contributed by atoms with Gasteiger partial charge >= 0.3 is 6.18 Å². The third-order valence-corrected chi connectivity index (χ3v) is 10.6. The van der Waals surface area contributed by atoms with Gasteiger partial charge in [0.25, 0.3) is 5.91 Å². The average molecular weight is 778 g/mol. The number of piperidine rings is 2. The zero-order valence-corrected chi connectivity index (χ0v) is 31.5. The van der Waals surface area contributed by atoms with Crippen molar-refractivity contribution < 1.29 is 37.1 Å². The van der Waals surface area contributed by atoms with Crippen molar-refractivity contribution in [2.24, 2.45) is 0 Å². The molecule has 2 atom stereocenters. The second-order valence-electron chi connectivity index (χ2n) is 14.3. The first-order valence-corrected chi connectivity index (χ1v) is 18.5. The highest BCUT2D eigenvalue weighted by Crippen LogP contribution is 2.43. The number of ether oxygens (including phenoxy) is 1. The third kappa shape index (κ3) is 8.52. The summed E-state index contributed by atoms with van der Waals surface area (Å²) >= 11 is 4.72. The number of aryl methyl sites for hydroxylation is 1. The maximum absolute atomic E-state index is 13.8. The molecule has 0 radical (unpaired) electrons. The molecule has 3 fully saturated rings. The molecule has 290 valence electrons. The molecular formula is C39H42F3N7O5S. The van der Waals surface area contributed by atoms with Gasteiger partial charge in [-0.1, -0.05) is 13.0 Å². The number of thiol groups is 1. The van der Waals surface area contributed by atoms with Crippen molar-refractivity contribution in [3.8, 4) is 11.8 Å². The van der Waals surface area contributed by atoms with Crippen LogP contribution in [0.3, 0.4) is 0 Å². The van der Waals surface area contributed by atoms with Crippen molar-refractivity contribution in [1.29, 1.82) is 5.26 Å². The van der Waals surface area contributed by atoms with Crippen molar-refractivity contribution in [3.05, 3.63) is 77.4 Å². The van der Waals surface area contributed by atoms with Crippen LogP contribution in [0.2, 0.25) is 0 Å². The number of anilines is 4. The lowest BCUT2D eigenvalue weighted by Gasteiger charge is -2.34. The monoisotopic (exact) mass is 777 g/mol. The van der Waals surface area contributed by atoms with Gasteiger partial charge in [0.2, 0.25) is 17.7 Å². The van der Waals surface area contributed by atoms with Gasteiger partial charge in [-0.15, -0.1) is 12.6 Å². The number of hydrogen-bond acceptors (Lipinski definition) is 10. The zero-order chi connectivity index (χ0) is 39.7. The molecule has 12 nitrogen and oxygen atoms in total. The van der Waals surface area contributed by atoms with E-state index in [2.05, 4.69) is 20.9 Å². The van der Waals surface area contributed by atoms with Crippen molar-refractivity contribution in [2.75, 3.05) is 40.1 Å². The SMILES string of the molecule is CCc1cc(N2C(S)N(c3ccc(C#N)c(C(F)(F)F)c3)C(=O)C2(C)C)ccc1OC1CCN(CC(=O)Nc2cccc(NC3CCC(=O)NC3=O)c2)CC1. The molecule has 55 heavy (non-hydrogen) atoms. The number of benzene rings is 3. The molecule has 0 bridgehead atoms. The van der Waals surface area contributed by atoms with Crippen LogP contribution >= 0.6 is 12.6 Å². The van der Waals surface area contributed by atoms with E-state index < -0.39 is 40.3 Å². The molecule has 4 amide bonds. The standard InChI is InChI=1S/C39H42F3N7O5S/c1-4-23-18-28(49-37(55)48(36(53)38(49,2)3)27-9-8-24(21-43)30(20-27)39(40,41)42)10-12-32(23)54-29-14-16-47(17-15-29)22-34(51)45-26-7-5-6-25(19-26)44-31-11-13-33(50)46-35(31)52/h5-10,12,18-20,29,31,37,44,55H,4,11,13-17,22H2,1-3H3,(H,45,51)(H,46,50,52). The normalized spacial score (nSPS) is 20.6. The molecule has 0 spiro atoms. The van der Waals surface area contributed by atoms with Crippen LogP contribution in [0.15, 0.2) is 60.7 Å². The largest absolute Gasteiger partial charge is 0.490 e. The quantitative estimate of drug-likeness (QED) is 0.151. The minimum atomic E-state index is -4.78. The summed E-state index contributed by atoms with van der Waals surface area (Å²) in [5.74, 6) is -0.597. The van der Waals surface area contributed by atoms with Crippen LogP contribution in [0, 0.1) is 11.3 Å². The smallest absolute Gasteiger partial charge is 0.417 e. The summed E-state index contributed by atoms with van der Waals surface area (Å²) in [5.41, 5.74) is -1.00. The molecular weight excluding hydrogens is 736 g/mol. The van der Waals surface area contributed by atoms with Crippen LogP contribution in [0.5, 0.6) is 5.75 Å². The highest BCUT2D eigenvalue weighted by molar-refractivity contribution is 7.81. The fourth-order valence-corrected chi connectivity index (χ4v) is 7.88. The summed E-state index contributed by atoms with van der Waals surface area (Å²) in [7, 11) is 0. The Bertz CT molecular complexity index is 2030. The topological polar surface area (TPSA) is 147 Å². The minimum Gasteiger partial charge on any atom is -0.490 e. The van der Waals surface area contributed by atoms with Crippen molar-refractivity contribution in [2.45, 2.75) is 82.2 Å². The summed E-state index contributed by atoms with van der Waals surface area (Å²) in [6.45, 7) is 6.83. The number of nitrogens with one attached hydrogen (secondary N) is 3. The Balaban J connectivity index is 1.05. The molecule has 2 unspecified atom stereocenters. The van der Waals surface area contributed by atoms with E-state index in [0.717, 1.165) is 17.7 Å². The zero-order valence-electron chi connectivity index (χ0n) is 30.6. The lowest BCUT2D eigenvalue weighted by atomic mass is 10.0. The molecule has 3 aliphatic rings.